The number of benzene rings is 3. The molecule has 4 amide bonds. The molecule has 3 rings (SSSR count). The smallest absolute Gasteiger partial charge is 0.326 e. The fourth-order valence-electron chi connectivity index (χ4n) is 5.42. The molecule has 3 aromatic rings. The summed E-state index contributed by atoms with van der Waals surface area (Å²) in [5.74, 6) is -18.3. The lowest BCUT2D eigenvalue weighted by atomic mass is 10.1. The summed E-state index contributed by atoms with van der Waals surface area (Å²) in [5, 5.41) is 81.7. The van der Waals surface area contributed by atoms with Crippen molar-refractivity contribution in [3.05, 3.63) is 94.0 Å². The SMILES string of the molecule is O=C(O)C[C@H](NC(=O)c1cc(OCc2ccc(COc3cc(C(=O)N[C@@H](CC(=O)O)C(=O)O)cc(C(=O)N[C@H](CC(=O)O)C(=O)O)c3)cc2)cc(C(=O)N[C@@H](CC(=O)O)C(=O)O)c1)C(=O)O. The van der Waals surface area contributed by atoms with E-state index in [1.54, 1.807) is 0 Å². The van der Waals surface area contributed by atoms with Gasteiger partial charge in [0.05, 0.1) is 25.7 Å². The summed E-state index contributed by atoms with van der Waals surface area (Å²) in [7, 11) is 0. The number of carbonyl (C=O) groups excluding carboxylic acids is 4. The molecule has 0 saturated heterocycles. The average molecular weight is 927 g/mol. The largest absolute Gasteiger partial charge is 0.489 e. The van der Waals surface area contributed by atoms with Crippen LogP contribution in [0, 0.1) is 0 Å². The lowest BCUT2D eigenvalue weighted by molar-refractivity contribution is -0.145. The molecule has 0 saturated carbocycles. The number of carbonyl (C=O) groups is 12. The van der Waals surface area contributed by atoms with Crippen molar-refractivity contribution in [3.8, 4) is 11.5 Å². The van der Waals surface area contributed by atoms with Crippen molar-refractivity contribution < 1.29 is 108 Å². The molecule has 26 heteroatoms. The second-order valence-electron chi connectivity index (χ2n) is 13.7. The van der Waals surface area contributed by atoms with Crippen molar-refractivity contribution in [1.82, 2.24) is 21.3 Å². The van der Waals surface area contributed by atoms with E-state index in [1.165, 1.54) is 24.3 Å². The number of carboxylic acid groups (broad SMARTS) is 8. The van der Waals surface area contributed by atoms with Crippen LogP contribution in [0.3, 0.4) is 0 Å². The highest BCUT2D eigenvalue weighted by Crippen LogP contribution is 2.22. The Bertz CT molecular complexity index is 2130. The molecule has 0 aliphatic carbocycles. The molecule has 0 fully saturated rings. The number of rotatable bonds is 26. The lowest BCUT2D eigenvalue weighted by Gasteiger charge is -2.16. The summed E-state index contributed by atoms with van der Waals surface area (Å²) in [6.45, 7) is -0.594. The third kappa shape index (κ3) is 16.3. The van der Waals surface area contributed by atoms with Crippen LogP contribution in [0.4, 0.5) is 0 Å². The number of carboxylic acids is 8. The first-order valence-electron chi connectivity index (χ1n) is 18.6. The highest BCUT2D eigenvalue weighted by molar-refractivity contribution is 6.04. The van der Waals surface area contributed by atoms with Crippen molar-refractivity contribution in [3.63, 3.8) is 0 Å². The Kier molecular flexibility index (Phi) is 18.2. The van der Waals surface area contributed by atoms with Gasteiger partial charge in [0.1, 0.15) is 48.9 Å². The normalized spacial score (nSPS) is 12.4. The van der Waals surface area contributed by atoms with Crippen LogP contribution in [0.15, 0.2) is 60.7 Å². The minimum absolute atomic E-state index is 0.227. The van der Waals surface area contributed by atoms with Crippen molar-refractivity contribution in [1.29, 1.82) is 0 Å². The maximum atomic E-state index is 13.1. The van der Waals surface area contributed by atoms with Crippen molar-refractivity contribution >= 4 is 71.4 Å². The molecular formula is C40H38N4O22. The predicted octanol–water partition coefficient (Wildman–Crippen LogP) is -0.525. The third-order valence-corrected chi connectivity index (χ3v) is 8.62. The summed E-state index contributed by atoms with van der Waals surface area (Å²) in [6, 6.07) is 4.31. The molecular weight excluding hydrogens is 888 g/mol. The van der Waals surface area contributed by atoms with Crippen LogP contribution in [0.5, 0.6) is 11.5 Å². The minimum Gasteiger partial charge on any atom is -0.489 e. The van der Waals surface area contributed by atoms with Gasteiger partial charge in [-0.15, -0.1) is 0 Å². The van der Waals surface area contributed by atoms with Gasteiger partial charge < -0.3 is 71.6 Å². The first-order valence-corrected chi connectivity index (χ1v) is 18.6. The Hall–Kier alpha value is -9.10. The average Bonchev–Trinajstić information content (AvgIpc) is 3.23. The lowest BCUT2D eigenvalue weighted by Crippen LogP contribution is -2.43. The minimum atomic E-state index is -1.92. The van der Waals surface area contributed by atoms with Gasteiger partial charge in [-0.3, -0.25) is 38.4 Å². The van der Waals surface area contributed by atoms with Crippen LogP contribution in [-0.2, 0) is 51.6 Å². The van der Waals surface area contributed by atoms with Gasteiger partial charge in [-0.2, -0.15) is 0 Å². The van der Waals surface area contributed by atoms with Crippen LogP contribution in [-0.4, -0.2) is 136 Å². The van der Waals surface area contributed by atoms with Crippen LogP contribution in [0.25, 0.3) is 0 Å². The molecule has 66 heavy (non-hydrogen) atoms. The van der Waals surface area contributed by atoms with Crippen molar-refractivity contribution in [2.24, 2.45) is 0 Å². The number of amides is 4. The summed E-state index contributed by atoms with van der Waals surface area (Å²) >= 11 is 0. The Morgan fingerprint density at radius 3 is 0.758 bits per heavy atom. The van der Waals surface area contributed by atoms with E-state index in [2.05, 4.69) is 0 Å². The summed E-state index contributed by atoms with van der Waals surface area (Å²) in [4.78, 5) is 143. The molecule has 12 N–H and O–H groups in total. The quantitative estimate of drug-likeness (QED) is 0.0482. The summed E-state index contributed by atoms with van der Waals surface area (Å²) in [6.07, 6.45) is -4.11. The molecule has 0 aliphatic rings. The molecule has 350 valence electrons. The molecule has 3 aromatic carbocycles. The van der Waals surface area contributed by atoms with E-state index < -0.39 is 143 Å². The fraction of sp³-hybridized carbons (Fsp3) is 0.250. The molecule has 0 bridgehead atoms. The molecule has 0 radical (unpaired) electrons. The Morgan fingerprint density at radius 2 is 0.576 bits per heavy atom. The van der Waals surface area contributed by atoms with E-state index in [0.717, 1.165) is 36.4 Å². The van der Waals surface area contributed by atoms with Crippen molar-refractivity contribution in [2.45, 2.75) is 63.1 Å². The number of ether oxygens (including phenoxy) is 2. The van der Waals surface area contributed by atoms with E-state index >= 15 is 0 Å². The van der Waals surface area contributed by atoms with Crippen LogP contribution >= 0.6 is 0 Å². The Morgan fingerprint density at radius 1 is 0.364 bits per heavy atom. The van der Waals surface area contributed by atoms with Gasteiger partial charge in [-0.25, -0.2) is 19.2 Å². The van der Waals surface area contributed by atoms with Gasteiger partial charge in [0, 0.05) is 22.3 Å². The molecule has 0 heterocycles. The second-order valence-corrected chi connectivity index (χ2v) is 13.7. The predicted molar refractivity (Wildman–Crippen MR) is 213 cm³/mol. The highest BCUT2D eigenvalue weighted by atomic mass is 16.5. The first kappa shape index (κ1) is 51.3. The zero-order valence-electron chi connectivity index (χ0n) is 33.6. The summed E-state index contributed by atoms with van der Waals surface area (Å²) < 4.78 is 11.5. The van der Waals surface area contributed by atoms with Gasteiger partial charge in [0.15, 0.2) is 0 Å². The summed E-state index contributed by atoms with van der Waals surface area (Å²) in [5.41, 5.74) is -0.950. The molecule has 0 aliphatic heterocycles. The monoisotopic (exact) mass is 926 g/mol. The molecule has 26 nitrogen and oxygen atoms in total. The maximum absolute atomic E-state index is 13.1. The molecule has 0 spiro atoms. The van der Waals surface area contributed by atoms with Gasteiger partial charge >= 0.3 is 47.8 Å². The third-order valence-electron chi connectivity index (χ3n) is 8.62. The van der Waals surface area contributed by atoms with Crippen LogP contribution in [0.1, 0.15) is 78.2 Å². The van der Waals surface area contributed by atoms with E-state index in [4.69, 9.17) is 29.9 Å². The van der Waals surface area contributed by atoms with Gasteiger partial charge in [0.2, 0.25) is 0 Å². The van der Waals surface area contributed by atoms with Gasteiger partial charge in [-0.1, -0.05) is 24.3 Å². The molecule has 0 aromatic heterocycles. The molecule has 0 unspecified atom stereocenters. The van der Waals surface area contributed by atoms with E-state index in [0.29, 0.717) is 11.1 Å². The number of aliphatic carboxylic acids is 8. The van der Waals surface area contributed by atoms with Crippen LogP contribution in [0.2, 0.25) is 0 Å². The number of hydrogen-bond donors (Lipinski definition) is 12. The van der Waals surface area contributed by atoms with Crippen LogP contribution < -0.4 is 30.7 Å². The number of nitrogens with one attached hydrogen (secondary N) is 4. The fourth-order valence-corrected chi connectivity index (χ4v) is 5.42. The maximum Gasteiger partial charge on any atom is 0.326 e. The van der Waals surface area contributed by atoms with Crippen molar-refractivity contribution in [2.75, 3.05) is 0 Å². The Balaban J connectivity index is 1.89. The topological polar surface area (TPSA) is 433 Å². The standard InChI is InChI=1S/C40H38N4O22/c45-29(46)11-25(37(57)58)41-33(53)19-5-20(34(54)42-26(38(59)60)12-30(47)48)8-23(7-19)65-15-17-1-2-18(4-3-17)16-66-24-9-21(35(55)43-27(39(61)62)13-31(49)50)6-22(10-24)36(56)44-28(40(63)64)14-32(51)52/h1-10,25-28H,11-16H2,(H,41,53)(H,42,54)(H,43,55)(H,44,56)(H,45,46)(H,47,48)(H,49,50)(H,51,52)(H,57,58)(H,59,60)(H,61,62)(H,63,64)/t25-,26-,27-,28+/m0/s1. The van der Waals surface area contributed by atoms with E-state index in [-0.39, 0.29) is 24.7 Å². The number of hydrogen-bond acceptors (Lipinski definition) is 14. The van der Waals surface area contributed by atoms with E-state index in [9.17, 15) is 78.0 Å². The first-order chi connectivity index (χ1) is 30.9. The second kappa shape index (κ2) is 23.4. The molecule has 4 atom stereocenters. The van der Waals surface area contributed by atoms with E-state index in [1.807, 2.05) is 21.3 Å². The zero-order valence-corrected chi connectivity index (χ0v) is 33.6. The van der Waals surface area contributed by atoms with Gasteiger partial charge in [-0.05, 0) is 47.5 Å². The Labute approximate surface area is 368 Å². The highest BCUT2D eigenvalue weighted by Gasteiger charge is 2.29. The zero-order chi connectivity index (χ0) is 49.4. The van der Waals surface area contributed by atoms with Gasteiger partial charge in [0.25, 0.3) is 23.6 Å².